The third kappa shape index (κ3) is 3.45. The van der Waals surface area contributed by atoms with Crippen molar-refractivity contribution >= 4 is 44.2 Å². The summed E-state index contributed by atoms with van der Waals surface area (Å²) in [5.41, 5.74) is 3.29. The van der Waals surface area contributed by atoms with Crippen molar-refractivity contribution in [3.8, 4) is 0 Å². The fourth-order valence-electron chi connectivity index (χ4n) is 3.17. The zero-order valence-electron chi connectivity index (χ0n) is 15.2. The van der Waals surface area contributed by atoms with Crippen LogP contribution in [0.2, 0.25) is 0 Å². The van der Waals surface area contributed by atoms with Gasteiger partial charge in [0.05, 0.1) is 17.1 Å². The van der Waals surface area contributed by atoms with Gasteiger partial charge in [-0.3, -0.25) is 4.79 Å². The van der Waals surface area contributed by atoms with E-state index in [2.05, 4.69) is 15.0 Å². The second-order valence-electron chi connectivity index (χ2n) is 6.42. The molecule has 8 heteroatoms. The van der Waals surface area contributed by atoms with Gasteiger partial charge in [-0.2, -0.15) is 0 Å². The van der Waals surface area contributed by atoms with E-state index in [1.54, 1.807) is 12.1 Å². The fourth-order valence-corrected chi connectivity index (χ4v) is 4.21. The van der Waals surface area contributed by atoms with Gasteiger partial charge in [-0.15, -0.1) is 0 Å². The summed E-state index contributed by atoms with van der Waals surface area (Å²) in [6, 6.07) is 14.3. The van der Waals surface area contributed by atoms with Crippen molar-refractivity contribution in [3.63, 3.8) is 0 Å². The number of anilines is 1. The number of methoxy groups -OCH3 is 1. The van der Waals surface area contributed by atoms with Gasteiger partial charge >= 0.3 is 0 Å². The molecule has 0 unspecified atom stereocenters. The van der Waals surface area contributed by atoms with Crippen molar-refractivity contribution in [2.24, 2.45) is 0 Å². The highest BCUT2D eigenvalue weighted by molar-refractivity contribution is 7.89. The van der Waals surface area contributed by atoms with Crippen LogP contribution in [0.5, 0.6) is 0 Å². The number of rotatable bonds is 6. The Hall–Kier alpha value is -2.94. The largest absolute Gasteiger partial charge is 0.383 e. The van der Waals surface area contributed by atoms with Gasteiger partial charge in [0, 0.05) is 36.1 Å². The van der Waals surface area contributed by atoms with Crippen LogP contribution in [0.3, 0.4) is 0 Å². The number of hydrogen-bond donors (Lipinski definition) is 3. The van der Waals surface area contributed by atoms with Gasteiger partial charge in [-0.25, -0.2) is 13.1 Å². The molecule has 0 aliphatic carbocycles. The van der Waals surface area contributed by atoms with Crippen molar-refractivity contribution in [1.82, 2.24) is 9.71 Å². The Bertz CT molecular complexity index is 1160. The molecule has 0 atom stereocenters. The van der Waals surface area contributed by atoms with Crippen LogP contribution in [-0.2, 0) is 19.6 Å². The maximum atomic E-state index is 12.5. The minimum absolute atomic E-state index is 0.0985. The number of fused-ring (bicyclic) bond motifs is 2. The summed E-state index contributed by atoms with van der Waals surface area (Å²) in [5, 5.41) is 3.81. The molecular formula is C20H19N3O4S. The lowest BCUT2D eigenvalue weighted by molar-refractivity contribution is -0.110. The molecule has 1 amide bonds. The van der Waals surface area contributed by atoms with Crippen LogP contribution in [0, 0.1) is 0 Å². The normalized spacial score (nSPS) is 15.2. The number of H-pyrrole nitrogens is 1. The molecular weight excluding hydrogens is 378 g/mol. The van der Waals surface area contributed by atoms with Crippen LogP contribution < -0.4 is 10.0 Å². The molecule has 0 bridgehead atoms. The Balaban J connectivity index is 1.71. The van der Waals surface area contributed by atoms with Crippen molar-refractivity contribution < 1.29 is 17.9 Å². The molecule has 7 nitrogen and oxygen atoms in total. The van der Waals surface area contributed by atoms with Crippen molar-refractivity contribution in [3.05, 3.63) is 59.8 Å². The van der Waals surface area contributed by atoms with E-state index in [0.717, 1.165) is 16.6 Å². The second kappa shape index (κ2) is 7.23. The van der Waals surface area contributed by atoms with Crippen LogP contribution in [0.4, 0.5) is 5.69 Å². The number of carbonyl (C=O) groups is 1. The number of amides is 1. The average molecular weight is 397 g/mol. The first-order valence-electron chi connectivity index (χ1n) is 8.72. The van der Waals surface area contributed by atoms with Crippen LogP contribution in [0.1, 0.15) is 11.3 Å². The van der Waals surface area contributed by atoms with E-state index < -0.39 is 10.0 Å². The van der Waals surface area contributed by atoms with E-state index in [1.165, 1.54) is 19.2 Å². The number of ether oxygens (including phenoxy) is 1. The van der Waals surface area contributed by atoms with Crippen LogP contribution in [0.15, 0.2) is 53.4 Å². The minimum atomic E-state index is -3.69. The monoisotopic (exact) mass is 397 g/mol. The van der Waals surface area contributed by atoms with Gasteiger partial charge in [0.25, 0.3) is 5.91 Å². The van der Waals surface area contributed by atoms with Gasteiger partial charge < -0.3 is 15.0 Å². The molecule has 28 heavy (non-hydrogen) atoms. The summed E-state index contributed by atoms with van der Waals surface area (Å²) in [6.45, 7) is 0.445. The van der Waals surface area contributed by atoms with Gasteiger partial charge in [-0.05, 0) is 41.8 Å². The third-order valence-corrected chi connectivity index (χ3v) is 5.99. The molecule has 2 aromatic carbocycles. The highest BCUT2D eigenvalue weighted by Gasteiger charge is 2.26. The SMILES string of the molecule is COCCNS(=O)(=O)c1ccc2c(c1)C(=Cc1cc3ccccc3[nH]1)C(=O)N2. The number of para-hydroxylation sites is 1. The van der Waals surface area contributed by atoms with E-state index in [9.17, 15) is 13.2 Å². The molecule has 3 aromatic rings. The number of aromatic amines is 1. The Morgan fingerprint density at radius 1 is 1.14 bits per heavy atom. The Morgan fingerprint density at radius 2 is 1.96 bits per heavy atom. The van der Waals surface area contributed by atoms with Crippen LogP contribution in [0.25, 0.3) is 22.6 Å². The predicted octanol–water partition coefficient (Wildman–Crippen LogP) is 2.59. The lowest BCUT2D eigenvalue weighted by Crippen LogP contribution is -2.27. The maximum absolute atomic E-state index is 12.5. The van der Waals surface area contributed by atoms with Crippen LogP contribution in [-0.4, -0.2) is 39.6 Å². The maximum Gasteiger partial charge on any atom is 0.256 e. The van der Waals surface area contributed by atoms with E-state index in [4.69, 9.17) is 4.74 Å². The number of benzene rings is 2. The molecule has 144 valence electrons. The third-order valence-electron chi connectivity index (χ3n) is 4.53. The molecule has 0 radical (unpaired) electrons. The zero-order chi connectivity index (χ0) is 19.7. The van der Waals surface area contributed by atoms with Crippen molar-refractivity contribution in [2.75, 3.05) is 25.6 Å². The number of carbonyl (C=O) groups excluding carboxylic acids is 1. The molecule has 0 saturated carbocycles. The van der Waals surface area contributed by atoms with Crippen molar-refractivity contribution in [1.29, 1.82) is 0 Å². The molecule has 2 heterocycles. The number of sulfonamides is 1. The highest BCUT2D eigenvalue weighted by atomic mass is 32.2. The average Bonchev–Trinajstić information content (AvgIpc) is 3.22. The lowest BCUT2D eigenvalue weighted by atomic mass is 10.1. The van der Waals surface area contributed by atoms with E-state index in [-0.39, 0.29) is 24.0 Å². The number of hydrogen-bond acceptors (Lipinski definition) is 4. The first-order valence-corrected chi connectivity index (χ1v) is 10.2. The smallest absolute Gasteiger partial charge is 0.256 e. The molecule has 0 fully saturated rings. The van der Waals surface area contributed by atoms with Crippen LogP contribution >= 0.6 is 0 Å². The van der Waals surface area contributed by atoms with Gasteiger partial charge in [0.2, 0.25) is 10.0 Å². The standard InChI is InChI=1S/C20H19N3O4S/c1-27-9-8-21-28(25,26)15-6-7-19-16(12-15)17(20(24)23-19)11-14-10-13-4-2-3-5-18(13)22-14/h2-7,10-12,21-22H,8-9H2,1H3,(H,23,24). The summed E-state index contributed by atoms with van der Waals surface area (Å²) in [4.78, 5) is 15.8. The molecule has 3 N–H and O–H groups in total. The molecule has 1 aromatic heterocycles. The Morgan fingerprint density at radius 3 is 2.75 bits per heavy atom. The first kappa shape index (κ1) is 18.4. The number of aromatic nitrogens is 1. The Labute approximate surface area is 162 Å². The summed E-state index contributed by atoms with van der Waals surface area (Å²) in [7, 11) is -2.19. The second-order valence-corrected chi connectivity index (χ2v) is 8.19. The van der Waals surface area contributed by atoms with E-state index >= 15 is 0 Å². The summed E-state index contributed by atoms with van der Waals surface area (Å²) in [5.74, 6) is -0.268. The van der Waals surface area contributed by atoms with Gasteiger partial charge in [0.1, 0.15) is 0 Å². The van der Waals surface area contributed by atoms with Gasteiger partial charge in [0.15, 0.2) is 0 Å². The molecule has 0 spiro atoms. The summed E-state index contributed by atoms with van der Waals surface area (Å²) >= 11 is 0. The molecule has 0 saturated heterocycles. The topological polar surface area (TPSA) is 100 Å². The summed E-state index contributed by atoms with van der Waals surface area (Å²) in [6.07, 6.45) is 1.73. The predicted molar refractivity (Wildman–Crippen MR) is 108 cm³/mol. The highest BCUT2D eigenvalue weighted by Crippen LogP contribution is 2.35. The zero-order valence-corrected chi connectivity index (χ0v) is 16.0. The number of nitrogens with one attached hydrogen (secondary N) is 3. The Kier molecular flexibility index (Phi) is 4.76. The fraction of sp³-hybridized carbons (Fsp3) is 0.150. The first-order chi connectivity index (χ1) is 13.5. The molecule has 1 aliphatic heterocycles. The molecule has 4 rings (SSSR count). The lowest BCUT2D eigenvalue weighted by Gasteiger charge is -2.08. The quantitative estimate of drug-likeness (QED) is 0.440. The molecule has 1 aliphatic rings. The van der Waals surface area contributed by atoms with E-state index in [1.807, 2.05) is 30.3 Å². The van der Waals surface area contributed by atoms with Gasteiger partial charge in [-0.1, -0.05) is 18.2 Å². The summed E-state index contributed by atoms with van der Waals surface area (Å²) < 4.78 is 32.3. The van der Waals surface area contributed by atoms with E-state index in [0.29, 0.717) is 16.8 Å². The minimum Gasteiger partial charge on any atom is -0.383 e. The van der Waals surface area contributed by atoms with Crippen molar-refractivity contribution in [2.45, 2.75) is 4.90 Å².